The maximum atomic E-state index is 12.6. The van der Waals surface area contributed by atoms with Crippen LogP contribution in [0.2, 0.25) is 0 Å². The van der Waals surface area contributed by atoms with Gasteiger partial charge in [0.1, 0.15) is 5.75 Å². The number of nitrogens with zero attached hydrogens (tertiary/aromatic N) is 1. The quantitative estimate of drug-likeness (QED) is 0.661. The minimum Gasteiger partial charge on any atom is -0.406 e. The maximum absolute atomic E-state index is 12.6. The van der Waals surface area contributed by atoms with E-state index in [1.807, 2.05) is 0 Å². The second kappa shape index (κ2) is 9.16. The van der Waals surface area contributed by atoms with Crippen LogP contribution in [0.15, 0.2) is 53.4 Å². The zero-order valence-corrected chi connectivity index (χ0v) is 17.1. The number of ether oxygens (including phenoxy) is 2. The standard InChI is InChI=1S/C18H18F3N3O4S2/c19-18(20,21)28-15-3-1-2-14(12-15)23-17(29)22-13-4-6-16(7-5-13)30(25,26)24-8-10-27-11-9-24/h1-7,12H,8-11H2,(H2,22,23,29). The van der Waals surface area contributed by atoms with E-state index in [0.29, 0.717) is 37.7 Å². The molecule has 0 spiro atoms. The molecule has 0 radical (unpaired) electrons. The van der Waals surface area contributed by atoms with Gasteiger partial charge in [-0.1, -0.05) is 6.07 Å². The fourth-order valence-corrected chi connectivity index (χ4v) is 4.35. The van der Waals surface area contributed by atoms with Crippen molar-refractivity contribution < 1.29 is 31.1 Å². The highest BCUT2D eigenvalue weighted by molar-refractivity contribution is 7.89. The van der Waals surface area contributed by atoms with E-state index in [1.54, 1.807) is 12.1 Å². The summed E-state index contributed by atoms with van der Waals surface area (Å²) in [5.41, 5.74) is 0.803. The van der Waals surface area contributed by atoms with E-state index >= 15 is 0 Å². The molecule has 30 heavy (non-hydrogen) atoms. The van der Waals surface area contributed by atoms with E-state index in [2.05, 4.69) is 15.4 Å². The zero-order chi connectivity index (χ0) is 21.8. The Morgan fingerprint density at radius 1 is 1.03 bits per heavy atom. The fourth-order valence-electron chi connectivity index (χ4n) is 2.71. The molecule has 0 bridgehead atoms. The molecule has 0 amide bonds. The maximum Gasteiger partial charge on any atom is 0.573 e. The van der Waals surface area contributed by atoms with Gasteiger partial charge in [0.15, 0.2) is 5.11 Å². The summed E-state index contributed by atoms with van der Waals surface area (Å²) in [7, 11) is -3.60. The highest BCUT2D eigenvalue weighted by Crippen LogP contribution is 2.25. The number of hydrogen-bond donors (Lipinski definition) is 2. The van der Waals surface area contributed by atoms with Crippen molar-refractivity contribution in [3.8, 4) is 5.75 Å². The lowest BCUT2D eigenvalue weighted by Crippen LogP contribution is -2.40. The van der Waals surface area contributed by atoms with Crippen LogP contribution in [0.3, 0.4) is 0 Å². The molecule has 1 fully saturated rings. The van der Waals surface area contributed by atoms with Crippen molar-refractivity contribution in [1.29, 1.82) is 0 Å². The fraction of sp³-hybridized carbons (Fsp3) is 0.278. The smallest absolute Gasteiger partial charge is 0.406 e. The molecular weight excluding hydrogens is 443 g/mol. The van der Waals surface area contributed by atoms with E-state index in [0.717, 1.165) is 6.07 Å². The average molecular weight is 461 g/mol. The van der Waals surface area contributed by atoms with Crippen LogP contribution in [0.5, 0.6) is 5.75 Å². The number of halogens is 3. The highest BCUT2D eigenvalue weighted by atomic mass is 32.2. The summed E-state index contributed by atoms with van der Waals surface area (Å²) in [6.45, 7) is 1.31. The molecule has 162 valence electrons. The van der Waals surface area contributed by atoms with E-state index in [4.69, 9.17) is 17.0 Å². The molecule has 1 aliphatic heterocycles. The summed E-state index contributed by atoms with van der Waals surface area (Å²) in [6.07, 6.45) is -4.79. The van der Waals surface area contributed by atoms with Crippen LogP contribution >= 0.6 is 12.2 Å². The Morgan fingerprint density at radius 2 is 1.67 bits per heavy atom. The number of hydrogen-bond acceptors (Lipinski definition) is 5. The van der Waals surface area contributed by atoms with Gasteiger partial charge in [0.05, 0.1) is 18.1 Å². The number of rotatable bonds is 5. The summed E-state index contributed by atoms with van der Waals surface area (Å²) >= 11 is 5.15. The van der Waals surface area contributed by atoms with Gasteiger partial charge in [-0.15, -0.1) is 13.2 Å². The molecule has 2 aromatic rings. The number of alkyl halides is 3. The molecule has 12 heteroatoms. The molecule has 0 unspecified atom stereocenters. The summed E-state index contributed by atoms with van der Waals surface area (Å²) in [5, 5.41) is 5.70. The first-order valence-corrected chi connectivity index (χ1v) is 10.6. The van der Waals surface area contributed by atoms with Crippen LogP contribution < -0.4 is 15.4 Å². The lowest BCUT2D eigenvalue weighted by molar-refractivity contribution is -0.274. The zero-order valence-electron chi connectivity index (χ0n) is 15.5. The average Bonchev–Trinajstić information content (AvgIpc) is 2.68. The van der Waals surface area contributed by atoms with Crippen molar-refractivity contribution >= 4 is 38.7 Å². The lowest BCUT2D eigenvalue weighted by atomic mass is 10.3. The Labute approximate surface area is 176 Å². The van der Waals surface area contributed by atoms with Gasteiger partial charge in [-0.2, -0.15) is 4.31 Å². The van der Waals surface area contributed by atoms with Crippen LogP contribution in [-0.2, 0) is 14.8 Å². The monoisotopic (exact) mass is 461 g/mol. The van der Waals surface area contributed by atoms with Crippen LogP contribution in [-0.4, -0.2) is 50.5 Å². The molecule has 1 aliphatic rings. The molecule has 7 nitrogen and oxygen atoms in total. The summed E-state index contributed by atoms with van der Waals surface area (Å²) in [6, 6.07) is 11.2. The van der Waals surface area contributed by atoms with Crippen LogP contribution in [0, 0.1) is 0 Å². The number of nitrogens with one attached hydrogen (secondary N) is 2. The van der Waals surface area contributed by atoms with Crippen molar-refractivity contribution in [2.75, 3.05) is 36.9 Å². The summed E-state index contributed by atoms with van der Waals surface area (Å²) < 4.78 is 72.6. The number of thiocarbonyl (C=S) groups is 1. The predicted octanol–water partition coefficient (Wildman–Crippen LogP) is 3.42. The Hall–Kier alpha value is -2.41. The van der Waals surface area contributed by atoms with E-state index in [1.165, 1.54) is 34.6 Å². The first-order valence-electron chi connectivity index (χ1n) is 8.75. The van der Waals surface area contributed by atoms with E-state index in [9.17, 15) is 21.6 Å². The van der Waals surface area contributed by atoms with Gasteiger partial charge in [0, 0.05) is 30.5 Å². The van der Waals surface area contributed by atoms with Gasteiger partial charge in [-0.3, -0.25) is 0 Å². The van der Waals surface area contributed by atoms with Crippen molar-refractivity contribution in [2.45, 2.75) is 11.3 Å². The first kappa shape index (κ1) is 22.3. The number of sulfonamides is 1. The Bertz CT molecular complexity index is 992. The molecule has 1 saturated heterocycles. The first-order chi connectivity index (χ1) is 14.1. The van der Waals surface area contributed by atoms with Crippen molar-refractivity contribution in [3.63, 3.8) is 0 Å². The summed E-state index contributed by atoms with van der Waals surface area (Å²) in [5.74, 6) is -0.382. The topological polar surface area (TPSA) is 79.9 Å². The van der Waals surface area contributed by atoms with Crippen molar-refractivity contribution in [3.05, 3.63) is 48.5 Å². The summed E-state index contributed by atoms with van der Waals surface area (Å²) in [4.78, 5) is 0.144. The third-order valence-corrected chi connectivity index (χ3v) is 6.16. The molecule has 2 aromatic carbocycles. The minimum absolute atomic E-state index is 0.114. The molecule has 1 heterocycles. The second-order valence-corrected chi connectivity index (χ2v) is 8.54. The molecule has 3 rings (SSSR count). The Balaban J connectivity index is 1.62. The third kappa shape index (κ3) is 6.05. The van der Waals surface area contributed by atoms with Gasteiger partial charge in [-0.05, 0) is 48.6 Å². The van der Waals surface area contributed by atoms with Gasteiger partial charge < -0.3 is 20.1 Å². The molecule has 0 aromatic heterocycles. The van der Waals surface area contributed by atoms with E-state index < -0.39 is 16.4 Å². The minimum atomic E-state index is -4.79. The van der Waals surface area contributed by atoms with Crippen LogP contribution in [0.25, 0.3) is 0 Å². The van der Waals surface area contributed by atoms with E-state index in [-0.39, 0.29) is 15.8 Å². The molecule has 0 aliphatic carbocycles. The molecule has 0 atom stereocenters. The Kier molecular flexibility index (Phi) is 6.81. The molecule has 0 saturated carbocycles. The van der Waals surface area contributed by atoms with Gasteiger partial charge in [-0.25, -0.2) is 8.42 Å². The normalized spacial score (nSPS) is 15.4. The Morgan fingerprint density at radius 3 is 2.30 bits per heavy atom. The molecule has 2 N–H and O–H groups in total. The highest BCUT2D eigenvalue weighted by Gasteiger charge is 2.31. The SMILES string of the molecule is O=S(=O)(c1ccc(NC(=S)Nc2cccc(OC(F)(F)F)c2)cc1)N1CCOCC1. The van der Waals surface area contributed by atoms with Crippen LogP contribution in [0.4, 0.5) is 24.5 Å². The van der Waals surface area contributed by atoms with Crippen molar-refractivity contribution in [1.82, 2.24) is 4.31 Å². The lowest BCUT2D eigenvalue weighted by Gasteiger charge is -2.26. The largest absolute Gasteiger partial charge is 0.573 e. The van der Waals surface area contributed by atoms with Gasteiger partial charge in [0.25, 0.3) is 0 Å². The van der Waals surface area contributed by atoms with Crippen LogP contribution in [0.1, 0.15) is 0 Å². The number of anilines is 2. The van der Waals surface area contributed by atoms with Gasteiger partial charge in [0.2, 0.25) is 10.0 Å². The predicted molar refractivity (Wildman–Crippen MR) is 109 cm³/mol. The van der Waals surface area contributed by atoms with Crippen molar-refractivity contribution in [2.24, 2.45) is 0 Å². The second-order valence-electron chi connectivity index (χ2n) is 6.20. The third-order valence-electron chi connectivity index (χ3n) is 4.05. The number of benzene rings is 2. The number of morpholine rings is 1. The van der Waals surface area contributed by atoms with Gasteiger partial charge >= 0.3 is 6.36 Å². The molecular formula is C18H18F3N3O4S2.